The number of cyclic esters (lactones) is 1. The molecular formula is C37H37F6NO5. The van der Waals surface area contributed by atoms with Gasteiger partial charge >= 0.3 is 24.4 Å². The lowest BCUT2D eigenvalue weighted by Gasteiger charge is -2.36. The fourth-order valence-corrected chi connectivity index (χ4v) is 6.74. The van der Waals surface area contributed by atoms with Crippen molar-refractivity contribution < 1.29 is 50.1 Å². The zero-order valence-corrected chi connectivity index (χ0v) is 27.9. The van der Waals surface area contributed by atoms with Gasteiger partial charge in [0.05, 0.1) is 37.0 Å². The van der Waals surface area contributed by atoms with E-state index in [1.807, 2.05) is 31.2 Å². The number of halogens is 6. The largest absolute Gasteiger partial charge is 0.496 e. The third kappa shape index (κ3) is 7.43. The molecule has 3 aromatic rings. The number of ether oxygens (including phenoxy) is 3. The van der Waals surface area contributed by atoms with Crippen molar-refractivity contribution in [2.45, 2.75) is 71.5 Å². The highest BCUT2D eigenvalue weighted by Crippen LogP contribution is 2.47. The summed E-state index contributed by atoms with van der Waals surface area (Å²) in [5, 5.41) is 0. The number of rotatable bonds is 7. The summed E-state index contributed by atoms with van der Waals surface area (Å²) >= 11 is 0. The number of carbonyl (C=O) groups excluding carboxylic acids is 2. The topological polar surface area (TPSA) is 65.1 Å². The summed E-state index contributed by atoms with van der Waals surface area (Å²) in [6.07, 6.45) is -10.2. The molecule has 0 spiro atoms. The first-order valence-corrected chi connectivity index (χ1v) is 15.7. The van der Waals surface area contributed by atoms with Crippen LogP contribution >= 0.6 is 0 Å². The number of methoxy groups -OCH3 is 2. The maximum absolute atomic E-state index is 13.6. The van der Waals surface area contributed by atoms with Gasteiger partial charge in [-0.15, -0.1) is 0 Å². The van der Waals surface area contributed by atoms with E-state index < -0.39 is 47.7 Å². The van der Waals surface area contributed by atoms with Gasteiger partial charge in [-0.2, -0.15) is 26.3 Å². The summed E-state index contributed by atoms with van der Waals surface area (Å²) < 4.78 is 97.8. The van der Waals surface area contributed by atoms with Crippen LogP contribution in [-0.2, 0) is 21.8 Å². The van der Waals surface area contributed by atoms with Crippen LogP contribution in [0.1, 0.15) is 84.3 Å². The number of allylic oxidation sites excluding steroid dienone is 1. The quantitative estimate of drug-likeness (QED) is 0.183. The molecule has 0 bridgehead atoms. The minimum atomic E-state index is -5.04. The standard InChI is InChI=1S/C37H37F6NO5/c1-20-13-23(33(45)48-6)7-9-28(20)22-8-10-31(47-5)30(16-22)29-11-12-35(3,4)18-25(29)19-44-21(2)32(49-34(44)46)24-14-26(36(38,39)40)17-27(15-24)37(41,42)43/h7-10,13-17,21,32H,11-12,18-19H2,1-6H3/t21-,32+/m1/s1. The van der Waals surface area contributed by atoms with Crippen LogP contribution in [0, 0.1) is 12.3 Å². The summed E-state index contributed by atoms with van der Waals surface area (Å²) in [5.41, 5.74) is 2.15. The first kappa shape index (κ1) is 35.8. The average Bonchev–Trinajstić information content (AvgIpc) is 3.31. The fourth-order valence-electron chi connectivity index (χ4n) is 6.74. The van der Waals surface area contributed by atoms with E-state index in [1.165, 1.54) is 12.0 Å². The number of benzene rings is 3. The smallest absolute Gasteiger partial charge is 0.416 e. The molecule has 2 aliphatic rings. The van der Waals surface area contributed by atoms with Crippen molar-refractivity contribution in [1.82, 2.24) is 4.90 Å². The van der Waals surface area contributed by atoms with E-state index in [9.17, 15) is 35.9 Å². The molecule has 49 heavy (non-hydrogen) atoms. The number of aryl methyl sites for hydroxylation is 1. The molecule has 1 aliphatic carbocycles. The second kappa shape index (κ2) is 13.1. The number of carbonyl (C=O) groups is 2. The van der Waals surface area contributed by atoms with Gasteiger partial charge in [-0.3, -0.25) is 4.90 Å². The SMILES string of the molecule is COC(=O)c1ccc(-c2ccc(OC)c(C3=C(CN4C(=O)O[C@H](c5cc(C(F)(F)F)cc(C(F)(F)F)c5)[C@H]4C)CC(C)(C)CC3)c2)c(C)c1. The number of esters is 1. The van der Waals surface area contributed by atoms with E-state index in [0.717, 1.165) is 39.8 Å². The monoisotopic (exact) mass is 689 g/mol. The highest BCUT2D eigenvalue weighted by molar-refractivity contribution is 5.91. The van der Waals surface area contributed by atoms with E-state index in [1.54, 1.807) is 26.2 Å². The maximum Gasteiger partial charge on any atom is 0.416 e. The summed E-state index contributed by atoms with van der Waals surface area (Å²) in [4.78, 5) is 26.7. The lowest BCUT2D eigenvalue weighted by Crippen LogP contribution is -2.35. The number of hydrogen-bond acceptors (Lipinski definition) is 5. The second-order valence-corrected chi connectivity index (χ2v) is 13.4. The molecule has 1 heterocycles. The molecule has 0 aromatic heterocycles. The Morgan fingerprint density at radius 2 is 1.59 bits per heavy atom. The van der Waals surface area contributed by atoms with Gasteiger partial charge in [-0.05, 0) is 114 Å². The van der Waals surface area contributed by atoms with Crippen molar-refractivity contribution in [2.24, 2.45) is 5.41 Å². The summed E-state index contributed by atoms with van der Waals surface area (Å²) in [5.74, 6) is 0.147. The Morgan fingerprint density at radius 3 is 2.16 bits per heavy atom. The molecule has 2 atom stereocenters. The van der Waals surface area contributed by atoms with Gasteiger partial charge < -0.3 is 14.2 Å². The summed E-state index contributed by atoms with van der Waals surface area (Å²) in [6.45, 7) is 7.69. The molecule has 12 heteroatoms. The van der Waals surface area contributed by atoms with Crippen molar-refractivity contribution in [3.8, 4) is 16.9 Å². The van der Waals surface area contributed by atoms with Crippen LogP contribution in [0.15, 0.2) is 60.2 Å². The average molecular weight is 690 g/mol. The molecule has 3 aromatic carbocycles. The Labute approximate surface area is 280 Å². The van der Waals surface area contributed by atoms with Crippen molar-refractivity contribution in [2.75, 3.05) is 20.8 Å². The maximum atomic E-state index is 13.6. The van der Waals surface area contributed by atoms with Crippen molar-refractivity contribution in [3.05, 3.63) is 93.6 Å². The Morgan fingerprint density at radius 1 is 0.939 bits per heavy atom. The molecule has 6 nitrogen and oxygen atoms in total. The molecule has 1 fully saturated rings. The molecule has 0 unspecified atom stereocenters. The van der Waals surface area contributed by atoms with Crippen LogP contribution in [0.2, 0.25) is 0 Å². The molecule has 1 saturated heterocycles. The lowest BCUT2D eigenvalue weighted by molar-refractivity contribution is -0.143. The summed E-state index contributed by atoms with van der Waals surface area (Å²) in [6, 6.07) is 11.4. The first-order chi connectivity index (χ1) is 22.8. The number of alkyl halides is 6. The van der Waals surface area contributed by atoms with Crippen molar-refractivity contribution in [3.63, 3.8) is 0 Å². The van der Waals surface area contributed by atoms with Crippen LogP contribution in [0.4, 0.5) is 31.1 Å². The Balaban J connectivity index is 1.54. The van der Waals surface area contributed by atoms with Gasteiger partial charge in [0, 0.05) is 12.1 Å². The van der Waals surface area contributed by atoms with Gasteiger partial charge in [0.1, 0.15) is 11.9 Å². The fraction of sp³-hybridized carbons (Fsp3) is 0.405. The first-order valence-electron chi connectivity index (χ1n) is 15.7. The van der Waals surface area contributed by atoms with Crippen LogP contribution < -0.4 is 4.74 Å². The zero-order chi connectivity index (χ0) is 36.1. The highest BCUT2D eigenvalue weighted by Gasteiger charge is 2.44. The molecular weight excluding hydrogens is 652 g/mol. The second-order valence-electron chi connectivity index (χ2n) is 13.4. The summed E-state index contributed by atoms with van der Waals surface area (Å²) in [7, 11) is 2.87. The van der Waals surface area contributed by atoms with E-state index in [-0.39, 0.29) is 23.6 Å². The minimum Gasteiger partial charge on any atom is -0.496 e. The Kier molecular flexibility index (Phi) is 9.57. The van der Waals surface area contributed by atoms with Gasteiger partial charge in [-0.1, -0.05) is 26.0 Å². The number of hydrogen-bond donors (Lipinski definition) is 0. The Hall–Kier alpha value is -4.48. The van der Waals surface area contributed by atoms with Gasteiger partial charge in [0.25, 0.3) is 0 Å². The molecule has 1 amide bonds. The molecule has 1 aliphatic heterocycles. The molecule has 5 rings (SSSR count). The van der Waals surface area contributed by atoms with Crippen molar-refractivity contribution >= 4 is 17.6 Å². The van der Waals surface area contributed by atoms with Crippen LogP contribution in [0.25, 0.3) is 16.7 Å². The zero-order valence-electron chi connectivity index (χ0n) is 27.9. The predicted molar refractivity (Wildman–Crippen MR) is 171 cm³/mol. The van der Waals surface area contributed by atoms with Gasteiger partial charge in [0.15, 0.2) is 0 Å². The molecule has 0 N–H and O–H groups in total. The third-order valence-electron chi connectivity index (χ3n) is 9.35. The van der Waals surface area contributed by atoms with E-state index in [0.29, 0.717) is 36.3 Å². The van der Waals surface area contributed by atoms with Gasteiger partial charge in [-0.25, -0.2) is 9.59 Å². The van der Waals surface area contributed by atoms with Gasteiger partial charge in [0.2, 0.25) is 0 Å². The lowest BCUT2D eigenvalue weighted by atomic mass is 9.72. The van der Waals surface area contributed by atoms with Crippen molar-refractivity contribution in [1.29, 1.82) is 0 Å². The van der Waals surface area contributed by atoms with E-state index in [2.05, 4.69) is 13.8 Å². The van der Waals surface area contributed by atoms with Crippen LogP contribution in [0.5, 0.6) is 5.75 Å². The van der Waals surface area contributed by atoms with E-state index in [4.69, 9.17) is 14.2 Å². The molecule has 0 radical (unpaired) electrons. The minimum absolute atomic E-state index is 0.0560. The van der Waals surface area contributed by atoms with Crippen LogP contribution in [0.3, 0.4) is 0 Å². The number of nitrogens with zero attached hydrogens (tertiary/aromatic N) is 1. The third-order valence-corrected chi connectivity index (χ3v) is 9.35. The highest BCUT2D eigenvalue weighted by atomic mass is 19.4. The van der Waals surface area contributed by atoms with E-state index >= 15 is 0 Å². The normalized spacial score (nSPS) is 19.6. The molecule has 262 valence electrons. The predicted octanol–water partition coefficient (Wildman–Crippen LogP) is 10.0. The van der Waals surface area contributed by atoms with Crippen LogP contribution in [-0.4, -0.2) is 43.8 Å². The molecule has 0 saturated carbocycles. The Bertz CT molecular complexity index is 1780. The number of amides is 1.